The Hall–Kier alpha value is -1.03. The van der Waals surface area contributed by atoms with E-state index in [9.17, 15) is 8.42 Å². The minimum absolute atomic E-state index is 0.0911. The standard InChI is InChI=1S/C17H27NO2S/c1-5-6-10-17(2)11-9-14-12-15(18(3)4)7-8-16(14)21(19,20)13-17/h7-8,12H,5-6,9-11,13H2,1-4H3. The van der Waals surface area contributed by atoms with Gasteiger partial charge in [0.1, 0.15) is 0 Å². The van der Waals surface area contributed by atoms with Gasteiger partial charge in [-0.05, 0) is 48.4 Å². The van der Waals surface area contributed by atoms with Crippen molar-refractivity contribution in [1.82, 2.24) is 0 Å². The molecule has 1 aliphatic heterocycles. The largest absolute Gasteiger partial charge is 0.378 e. The van der Waals surface area contributed by atoms with E-state index in [1.807, 2.05) is 31.1 Å². The third-order valence-corrected chi connectivity index (χ3v) is 6.71. The first-order valence-corrected chi connectivity index (χ1v) is 9.46. The van der Waals surface area contributed by atoms with Crippen molar-refractivity contribution < 1.29 is 8.42 Å². The molecule has 1 aromatic carbocycles. The average molecular weight is 309 g/mol. The molecule has 0 saturated carbocycles. The molecule has 1 aromatic rings. The molecule has 0 fully saturated rings. The first-order chi connectivity index (χ1) is 9.77. The Kier molecular flexibility index (Phi) is 4.66. The Balaban J connectivity index is 2.39. The van der Waals surface area contributed by atoms with E-state index in [0.717, 1.165) is 43.4 Å². The van der Waals surface area contributed by atoms with Crippen molar-refractivity contribution in [2.45, 2.75) is 50.8 Å². The molecular formula is C17H27NO2S. The number of unbranched alkanes of at least 4 members (excludes halogenated alkanes) is 1. The number of fused-ring (bicyclic) bond motifs is 1. The summed E-state index contributed by atoms with van der Waals surface area (Å²) >= 11 is 0. The topological polar surface area (TPSA) is 37.4 Å². The second kappa shape index (κ2) is 5.99. The summed E-state index contributed by atoms with van der Waals surface area (Å²) in [7, 11) is 0.791. The minimum Gasteiger partial charge on any atom is -0.378 e. The van der Waals surface area contributed by atoms with Crippen LogP contribution in [0.5, 0.6) is 0 Å². The van der Waals surface area contributed by atoms with E-state index in [4.69, 9.17) is 0 Å². The zero-order valence-corrected chi connectivity index (χ0v) is 14.5. The fraction of sp³-hybridized carbons (Fsp3) is 0.647. The van der Waals surface area contributed by atoms with Gasteiger partial charge in [-0.2, -0.15) is 0 Å². The van der Waals surface area contributed by atoms with Gasteiger partial charge in [-0.15, -0.1) is 0 Å². The first kappa shape index (κ1) is 16.3. The van der Waals surface area contributed by atoms with Gasteiger partial charge in [0.05, 0.1) is 10.6 Å². The zero-order valence-electron chi connectivity index (χ0n) is 13.6. The van der Waals surface area contributed by atoms with Crippen molar-refractivity contribution in [3.05, 3.63) is 23.8 Å². The molecule has 2 rings (SSSR count). The van der Waals surface area contributed by atoms with Crippen LogP contribution in [-0.4, -0.2) is 28.3 Å². The van der Waals surface area contributed by atoms with E-state index in [1.165, 1.54) is 0 Å². The Morgan fingerprint density at radius 1 is 1.29 bits per heavy atom. The number of benzene rings is 1. The Labute approximate surface area is 129 Å². The van der Waals surface area contributed by atoms with Crippen LogP contribution in [0.3, 0.4) is 0 Å². The predicted octanol–water partition coefficient (Wildman–Crippen LogP) is 3.67. The van der Waals surface area contributed by atoms with Crippen LogP contribution in [0.4, 0.5) is 5.69 Å². The van der Waals surface area contributed by atoms with Crippen molar-refractivity contribution in [3.63, 3.8) is 0 Å². The van der Waals surface area contributed by atoms with E-state index in [-0.39, 0.29) is 11.2 Å². The van der Waals surface area contributed by atoms with Crippen molar-refractivity contribution in [3.8, 4) is 0 Å². The lowest BCUT2D eigenvalue weighted by Crippen LogP contribution is -2.26. The minimum atomic E-state index is -3.18. The lowest BCUT2D eigenvalue weighted by Gasteiger charge is -2.27. The molecule has 3 nitrogen and oxygen atoms in total. The molecule has 0 radical (unpaired) electrons. The quantitative estimate of drug-likeness (QED) is 0.851. The number of anilines is 1. The molecule has 1 unspecified atom stereocenters. The maximum absolute atomic E-state index is 12.7. The van der Waals surface area contributed by atoms with Gasteiger partial charge in [0, 0.05) is 19.8 Å². The van der Waals surface area contributed by atoms with Gasteiger partial charge in [-0.25, -0.2) is 8.42 Å². The fourth-order valence-corrected chi connectivity index (χ4v) is 5.39. The summed E-state index contributed by atoms with van der Waals surface area (Å²) < 4.78 is 25.5. The summed E-state index contributed by atoms with van der Waals surface area (Å²) in [5, 5.41) is 0. The van der Waals surface area contributed by atoms with Crippen LogP contribution in [-0.2, 0) is 16.3 Å². The second-order valence-corrected chi connectivity index (χ2v) is 8.82. The van der Waals surface area contributed by atoms with E-state index in [0.29, 0.717) is 4.90 Å². The number of rotatable bonds is 4. The van der Waals surface area contributed by atoms with Gasteiger partial charge >= 0.3 is 0 Å². The third-order valence-electron chi connectivity index (χ3n) is 4.57. The summed E-state index contributed by atoms with van der Waals surface area (Å²) in [4.78, 5) is 2.57. The van der Waals surface area contributed by atoms with Gasteiger partial charge in [0.2, 0.25) is 0 Å². The molecule has 1 heterocycles. The van der Waals surface area contributed by atoms with Gasteiger partial charge in [-0.3, -0.25) is 0 Å². The monoisotopic (exact) mass is 309 g/mol. The molecule has 0 amide bonds. The summed E-state index contributed by atoms with van der Waals surface area (Å²) in [5.41, 5.74) is 1.97. The van der Waals surface area contributed by atoms with Crippen molar-refractivity contribution in [1.29, 1.82) is 0 Å². The van der Waals surface area contributed by atoms with Gasteiger partial charge in [0.25, 0.3) is 0 Å². The highest BCUT2D eigenvalue weighted by atomic mass is 32.2. The van der Waals surface area contributed by atoms with Crippen LogP contribution in [0.2, 0.25) is 0 Å². The number of hydrogen-bond acceptors (Lipinski definition) is 3. The normalized spacial score (nSPS) is 24.2. The number of aryl methyl sites for hydroxylation is 1. The van der Waals surface area contributed by atoms with E-state index < -0.39 is 9.84 Å². The van der Waals surface area contributed by atoms with E-state index in [1.54, 1.807) is 6.07 Å². The first-order valence-electron chi connectivity index (χ1n) is 7.80. The van der Waals surface area contributed by atoms with Crippen molar-refractivity contribution in [2.75, 3.05) is 24.7 Å². The molecule has 0 aliphatic carbocycles. The molecule has 0 bridgehead atoms. The molecule has 118 valence electrons. The van der Waals surface area contributed by atoms with Crippen LogP contribution in [0.15, 0.2) is 23.1 Å². The lowest BCUT2D eigenvalue weighted by atomic mass is 9.81. The van der Waals surface area contributed by atoms with Gasteiger partial charge < -0.3 is 4.90 Å². The Morgan fingerprint density at radius 2 is 2.00 bits per heavy atom. The van der Waals surface area contributed by atoms with Gasteiger partial charge in [-0.1, -0.05) is 26.7 Å². The molecule has 0 N–H and O–H groups in total. The SMILES string of the molecule is CCCCC1(C)CCc2cc(N(C)C)ccc2S(=O)(=O)C1. The maximum Gasteiger partial charge on any atom is 0.179 e. The van der Waals surface area contributed by atoms with Crippen LogP contribution in [0.1, 0.15) is 45.1 Å². The number of nitrogens with zero attached hydrogens (tertiary/aromatic N) is 1. The highest BCUT2D eigenvalue weighted by molar-refractivity contribution is 7.91. The molecular weight excluding hydrogens is 282 g/mol. The number of hydrogen-bond donors (Lipinski definition) is 0. The van der Waals surface area contributed by atoms with Crippen molar-refractivity contribution in [2.24, 2.45) is 5.41 Å². The highest BCUT2D eigenvalue weighted by Crippen LogP contribution is 2.39. The average Bonchev–Trinajstić information content (AvgIpc) is 2.51. The molecule has 21 heavy (non-hydrogen) atoms. The Bertz CT molecular complexity index is 607. The number of sulfone groups is 1. The summed E-state index contributed by atoms with van der Waals surface area (Å²) in [6.45, 7) is 4.30. The zero-order chi connectivity index (χ0) is 15.7. The second-order valence-electron chi connectivity index (χ2n) is 6.86. The fourth-order valence-electron chi connectivity index (χ4n) is 3.19. The van der Waals surface area contributed by atoms with Crippen LogP contribution < -0.4 is 4.90 Å². The van der Waals surface area contributed by atoms with E-state index >= 15 is 0 Å². The van der Waals surface area contributed by atoms with Crippen LogP contribution in [0.25, 0.3) is 0 Å². The molecule has 1 atom stereocenters. The summed E-state index contributed by atoms with van der Waals surface area (Å²) in [6, 6.07) is 5.75. The summed E-state index contributed by atoms with van der Waals surface area (Å²) in [6.07, 6.45) is 5.03. The van der Waals surface area contributed by atoms with Crippen LogP contribution >= 0.6 is 0 Å². The Morgan fingerprint density at radius 3 is 2.62 bits per heavy atom. The van der Waals surface area contributed by atoms with Crippen LogP contribution in [0, 0.1) is 5.41 Å². The molecule has 1 aliphatic rings. The lowest BCUT2D eigenvalue weighted by molar-refractivity contribution is 0.303. The highest BCUT2D eigenvalue weighted by Gasteiger charge is 2.35. The van der Waals surface area contributed by atoms with E-state index in [2.05, 4.69) is 13.8 Å². The maximum atomic E-state index is 12.7. The molecule has 4 heteroatoms. The summed E-state index contributed by atoms with van der Waals surface area (Å²) in [5.74, 6) is 0.286. The third kappa shape index (κ3) is 3.60. The molecule has 0 spiro atoms. The van der Waals surface area contributed by atoms with Gasteiger partial charge in [0.15, 0.2) is 9.84 Å². The smallest absolute Gasteiger partial charge is 0.179 e. The molecule has 0 saturated heterocycles. The predicted molar refractivity (Wildman–Crippen MR) is 88.8 cm³/mol. The van der Waals surface area contributed by atoms with Crippen molar-refractivity contribution >= 4 is 15.5 Å². The molecule has 0 aromatic heterocycles.